The lowest BCUT2D eigenvalue weighted by Gasteiger charge is -2.30. The van der Waals surface area contributed by atoms with Crippen molar-refractivity contribution in [1.82, 2.24) is 9.97 Å². The molecule has 25 heavy (non-hydrogen) atoms. The molecule has 4 rings (SSSR count). The van der Waals surface area contributed by atoms with Gasteiger partial charge in [0.05, 0.1) is 15.9 Å². The first-order valence-corrected chi connectivity index (χ1v) is 10.1. The Labute approximate surface area is 154 Å². The number of carbonyl (C=O) groups is 1. The Balaban J connectivity index is 1.39. The van der Waals surface area contributed by atoms with E-state index in [9.17, 15) is 4.79 Å². The molecule has 3 heterocycles. The maximum Gasteiger partial charge on any atom is 0.229 e. The number of hydrogen-bond acceptors (Lipinski definition) is 6. The molecule has 0 aliphatic carbocycles. The maximum absolute atomic E-state index is 12.4. The van der Waals surface area contributed by atoms with Crippen LogP contribution in [0.25, 0.3) is 10.2 Å². The third-order valence-corrected chi connectivity index (χ3v) is 6.47. The van der Waals surface area contributed by atoms with Crippen molar-refractivity contribution in [3.63, 3.8) is 0 Å². The first kappa shape index (κ1) is 16.5. The molecule has 0 saturated carbocycles. The van der Waals surface area contributed by atoms with Crippen LogP contribution in [-0.2, 0) is 4.79 Å². The highest BCUT2D eigenvalue weighted by molar-refractivity contribution is 7.22. The topological polar surface area (TPSA) is 58.1 Å². The number of thiazole rings is 2. The minimum absolute atomic E-state index is 0.0529. The standard InChI is InChI=1S/C18H20N4OS2/c1-11-3-4-14-15(9-11)25-18(20-14)22-7-5-13(6-8-22)16(23)21-17-19-12(2)10-24-17/h3-4,9-10,13H,5-8H2,1-2H3,(H,19,21,23). The van der Waals surface area contributed by atoms with Crippen molar-refractivity contribution < 1.29 is 4.79 Å². The summed E-state index contributed by atoms with van der Waals surface area (Å²) in [5.74, 6) is 0.144. The van der Waals surface area contributed by atoms with Gasteiger partial charge in [0.2, 0.25) is 5.91 Å². The first-order valence-electron chi connectivity index (χ1n) is 8.43. The number of aryl methyl sites for hydroxylation is 2. The maximum atomic E-state index is 12.4. The van der Waals surface area contributed by atoms with E-state index >= 15 is 0 Å². The van der Waals surface area contributed by atoms with Gasteiger partial charge in [-0.25, -0.2) is 9.97 Å². The van der Waals surface area contributed by atoms with Crippen LogP contribution >= 0.6 is 22.7 Å². The number of piperidine rings is 1. The Morgan fingerprint density at radius 2 is 2.04 bits per heavy atom. The van der Waals surface area contributed by atoms with E-state index in [0.717, 1.165) is 42.3 Å². The highest BCUT2D eigenvalue weighted by atomic mass is 32.1. The van der Waals surface area contributed by atoms with Crippen LogP contribution in [0.15, 0.2) is 23.6 Å². The van der Waals surface area contributed by atoms with Crippen molar-refractivity contribution >= 4 is 49.1 Å². The van der Waals surface area contributed by atoms with Gasteiger partial charge in [-0.3, -0.25) is 4.79 Å². The van der Waals surface area contributed by atoms with Crippen molar-refractivity contribution in [2.45, 2.75) is 26.7 Å². The zero-order valence-corrected chi connectivity index (χ0v) is 15.9. The monoisotopic (exact) mass is 372 g/mol. The average molecular weight is 373 g/mol. The quantitative estimate of drug-likeness (QED) is 0.748. The van der Waals surface area contributed by atoms with Crippen LogP contribution in [-0.4, -0.2) is 29.0 Å². The lowest BCUT2D eigenvalue weighted by molar-refractivity contribution is -0.120. The second-order valence-corrected chi connectivity index (χ2v) is 8.38. The highest BCUT2D eigenvalue weighted by Crippen LogP contribution is 2.32. The predicted octanol–water partition coefficient (Wildman–Crippen LogP) is 4.22. The van der Waals surface area contributed by atoms with Crippen molar-refractivity contribution in [3.8, 4) is 0 Å². The number of nitrogens with zero attached hydrogens (tertiary/aromatic N) is 3. The van der Waals surface area contributed by atoms with Crippen LogP contribution in [0.2, 0.25) is 0 Å². The number of carbonyl (C=O) groups excluding carboxylic acids is 1. The number of nitrogens with one attached hydrogen (secondary N) is 1. The molecule has 1 aliphatic rings. The Morgan fingerprint density at radius 1 is 1.24 bits per heavy atom. The van der Waals surface area contributed by atoms with E-state index in [1.54, 1.807) is 11.3 Å². The fourth-order valence-corrected chi connectivity index (χ4v) is 4.91. The minimum atomic E-state index is 0.0529. The number of aromatic nitrogens is 2. The van der Waals surface area contributed by atoms with Gasteiger partial charge in [-0.1, -0.05) is 17.4 Å². The minimum Gasteiger partial charge on any atom is -0.348 e. The van der Waals surface area contributed by atoms with E-state index in [4.69, 9.17) is 4.98 Å². The Bertz CT molecular complexity index is 909. The van der Waals surface area contributed by atoms with E-state index in [-0.39, 0.29) is 11.8 Å². The highest BCUT2D eigenvalue weighted by Gasteiger charge is 2.27. The molecule has 0 radical (unpaired) electrons. The van der Waals surface area contributed by atoms with Crippen molar-refractivity contribution in [2.24, 2.45) is 5.92 Å². The van der Waals surface area contributed by atoms with E-state index in [1.165, 1.54) is 21.6 Å². The molecule has 0 bridgehead atoms. The molecule has 1 aromatic carbocycles. The molecule has 0 unspecified atom stereocenters. The molecule has 1 saturated heterocycles. The summed E-state index contributed by atoms with van der Waals surface area (Å²) in [6.45, 7) is 5.78. The van der Waals surface area contributed by atoms with Crippen LogP contribution < -0.4 is 10.2 Å². The SMILES string of the molecule is Cc1ccc2nc(N3CCC(C(=O)Nc4nc(C)cs4)CC3)sc2c1. The van der Waals surface area contributed by atoms with Gasteiger partial charge in [-0.15, -0.1) is 11.3 Å². The molecule has 1 aliphatic heterocycles. The summed E-state index contributed by atoms with van der Waals surface area (Å²) in [6, 6.07) is 6.37. The Kier molecular flexibility index (Phi) is 4.43. The Morgan fingerprint density at radius 3 is 2.76 bits per heavy atom. The van der Waals surface area contributed by atoms with E-state index in [0.29, 0.717) is 5.13 Å². The number of anilines is 2. The van der Waals surface area contributed by atoms with Crippen molar-refractivity contribution in [2.75, 3.05) is 23.3 Å². The fraction of sp³-hybridized carbons (Fsp3) is 0.389. The first-order chi connectivity index (χ1) is 12.1. The van der Waals surface area contributed by atoms with E-state index in [2.05, 4.69) is 40.3 Å². The number of fused-ring (bicyclic) bond motifs is 1. The molecule has 1 N–H and O–H groups in total. The van der Waals surface area contributed by atoms with Crippen LogP contribution in [0, 0.1) is 19.8 Å². The molecule has 3 aromatic rings. The summed E-state index contributed by atoms with van der Waals surface area (Å²) in [5, 5.41) is 6.67. The Hall–Kier alpha value is -1.99. The zero-order chi connectivity index (χ0) is 17.4. The van der Waals surface area contributed by atoms with Gasteiger partial charge in [-0.2, -0.15) is 0 Å². The molecular formula is C18H20N4OS2. The average Bonchev–Trinajstić information content (AvgIpc) is 3.20. The summed E-state index contributed by atoms with van der Waals surface area (Å²) < 4.78 is 1.23. The number of hydrogen-bond donors (Lipinski definition) is 1. The second-order valence-electron chi connectivity index (χ2n) is 6.51. The third kappa shape index (κ3) is 3.52. The summed E-state index contributed by atoms with van der Waals surface area (Å²) in [4.78, 5) is 23.8. The molecule has 0 atom stereocenters. The van der Waals surface area contributed by atoms with E-state index in [1.807, 2.05) is 12.3 Å². The molecular weight excluding hydrogens is 352 g/mol. The fourth-order valence-electron chi connectivity index (χ4n) is 3.11. The van der Waals surface area contributed by atoms with Crippen LogP contribution in [0.3, 0.4) is 0 Å². The van der Waals surface area contributed by atoms with Crippen LogP contribution in [0.1, 0.15) is 24.1 Å². The third-order valence-electron chi connectivity index (χ3n) is 4.52. The molecule has 5 nitrogen and oxygen atoms in total. The summed E-state index contributed by atoms with van der Waals surface area (Å²) in [7, 11) is 0. The van der Waals surface area contributed by atoms with Gasteiger partial charge in [0, 0.05) is 24.4 Å². The van der Waals surface area contributed by atoms with E-state index < -0.39 is 0 Å². The molecule has 130 valence electrons. The molecule has 2 aromatic heterocycles. The zero-order valence-electron chi connectivity index (χ0n) is 14.3. The molecule has 1 fully saturated rings. The molecule has 7 heteroatoms. The lowest BCUT2D eigenvalue weighted by Crippen LogP contribution is -2.38. The summed E-state index contributed by atoms with van der Waals surface area (Å²) in [5.41, 5.74) is 3.27. The van der Waals surface area contributed by atoms with Crippen LogP contribution in [0.5, 0.6) is 0 Å². The summed E-state index contributed by atoms with van der Waals surface area (Å²) >= 11 is 3.22. The van der Waals surface area contributed by atoms with Gasteiger partial charge < -0.3 is 10.2 Å². The van der Waals surface area contributed by atoms with Gasteiger partial charge in [0.15, 0.2) is 10.3 Å². The molecule has 0 spiro atoms. The normalized spacial score (nSPS) is 15.7. The predicted molar refractivity (Wildman–Crippen MR) is 105 cm³/mol. The van der Waals surface area contributed by atoms with Crippen molar-refractivity contribution in [1.29, 1.82) is 0 Å². The van der Waals surface area contributed by atoms with Crippen molar-refractivity contribution in [3.05, 3.63) is 34.8 Å². The van der Waals surface area contributed by atoms with Crippen LogP contribution in [0.4, 0.5) is 10.3 Å². The number of benzene rings is 1. The summed E-state index contributed by atoms with van der Waals surface area (Å²) in [6.07, 6.45) is 1.70. The van der Waals surface area contributed by atoms with Gasteiger partial charge in [-0.05, 0) is 44.4 Å². The lowest BCUT2D eigenvalue weighted by atomic mass is 9.96. The number of rotatable bonds is 3. The second kappa shape index (κ2) is 6.72. The largest absolute Gasteiger partial charge is 0.348 e. The molecule has 1 amide bonds. The smallest absolute Gasteiger partial charge is 0.229 e. The number of amides is 1. The van der Waals surface area contributed by atoms with Gasteiger partial charge >= 0.3 is 0 Å². The van der Waals surface area contributed by atoms with Gasteiger partial charge in [0.1, 0.15) is 0 Å². The van der Waals surface area contributed by atoms with Gasteiger partial charge in [0.25, 0.3) is 0 Å².